The van der Waals surface area contributed by atoms with Crippen molar-refractivity contribution in [3.05, 3.63) is 29.8 Å². The van der Waals surface area contributed by atoms with E-state index >= 15 is 0 Å². The van der Waals surface area contributed by atoms with Gasteiger partial charge in [-0.25, -0.2) is 0 Å². The summed E-state index contributed by atoms with van der Waals surface area (Å²) in [6, 6.07) is 9.46. The predicted octanol–water partition coefficient (Wildman–Crippen LogP) is 3.45. The Kier molecular flexibility index (Phi) is 4.57. The van der Waals surface area contributed by atoms with Gasteiger partial charge in [0.25, 0.3) is 0 Å². The first-order chi connectivity index (χ1) is 9.26. The number of nitriles is 1. The van der Waals surface area contributed by atoms with Crippen LogP contribution in [0.1, 0.15) is 44.1 Å². The molecule has 0 radical (unpaired) electrons. The molecule has 3 nitrogen and oxygen atoms in total. The molecule has 1 aliphatic carbocycles. The maximum Gasteiger partial charge on any atom is 0.157 e. The Morgan fingerprint density at radius 1 is 1.37 bits per heavy atom. The molecule has 1 aromatic carbocycles. The second-order valence-electron chi connectivity index (χ2n) is 4.95. The van der Waals surface area contributed by atoms with E-state index in [1.165, 1.54) is 0 Å². The highest BCUT2D eigenvalue weighted by molar-refractivity contribution is 5.90. The third kappa shape index (κ3) is 3.14. The van der Waals surface area contributed by atoms with Crippen LogP contribution >= 0.6 is 0 Å². The summed E-state index contributed by atoms with van der Waals surface area (Å²) in [4.78, 5) is 12.3. The second-order valence-corrected chi connectivity index (χ2v) is 4.95. The molecule has 0 bridgehead atoms. The topological polar surface area (TPSA) is 50.1 Å². The molecular formula is C16H19NO2. The van der Waals surface area contributed by atoms with Crippen molar-refractivity contribution in [2.45, 2.75) is 38.5 Å². The molecule has 1 aromatic rings. The minimum Gasteiger partial charge on any atom is -0.494 e. The summed E-state index contributed by atoms with van der Waals surface area (Å²) in [5.41, 5.74) is 0.780. The van der Waals surface area contributed by atoms with Crippen molar-refractivity contribution < 1.29 is 9.53 Å². The van der Waals surface area contributed by atoms with E-state index in [4.69, 9.17) is 4.74 Å². The largest absolute Gasteiger partial charge is 0.494 e. The SMILES string of the molecule is CCOc1ccc(C(C#N)C(=O)C2CCCC2)cc1. The van der Waals surface area contributed by atoms with Crippen LogP contribution in [-0.4, -0.2) is 12.4 Å². The zero-order valence-electron chi connectivity index (χ0n) is 11.3. The Morgan fingerprint density at radius 2 is 2.00 bits per heavy atom. The van der Waals surface area contributed by atoms with Crippen LogP contribution in [0.15, 0.2) is 24.3 Å². The summed E-state index contributed by atoms with van der Waals surface area (Å²) in [5, 5.41) is 9.28. The van der Waals surface area contributed by atoms with Crippen molar-refractivity contribution in [1.82, 2.24) is 0 Å². The molecule has 1 aliphatic rings. The molecule has 0 amide bonds. The molecule has 0 aliphatic heterocycles. The van der Waals surface area contributed by atoms with Crippen molar-refractivity contribution >= 4 is 5.78 Å². The third-order valence-electron chi connectivity index (χ3n) is 3.70. The van der Waals surface area contributed by atoms with Crippen molar-refractivity contribution in [2.24, 2.45) is 5.92 Å². The summed E-state index contributed by atoms with van der Waals surface area (Å²) >= 11 is 0. The Morgan fingerprint density at radius 3 is 2.53 bits per heavy atom. The van der Waals surface area contributed by atoms with Gasteiger partial charge in [0.2, 0.25) is 0 Å². The minimum absolute atomic E-state index is 0.0798. The monoisotopic (exact) mass is 257 g/mol. The zero-order chi connectivity index (χ0) is 13.7. The maximum absolute atomic E-state index is 12.3. The van der Waals surface area contributed by atoms with Crippen molar-refractivity contribution in [3.63, 3.8) is 0 Å². The Bertz CT molecular complexity index is 467. The highest BCUT2D eigenvalue weighted by Gasteiger charge is 2.30. The van der Waals surface area contributed by atoms with Crippen LogP contribution in [0.2, 0.25) is 0 Å². The fourth-order valence-corrected chi connectivity index (χ4v) is 2.67. The number of nitrogens with zero attached hydrogens (tertiary/aromatic N) is 1. The summed E-state index contributed by atoms with van der Waals surface area (Å²) < 4.78 is 5.37. The lowest BCUT2D eigenvalue weighted by molar-refractivity contribution is -0.123. The summed E-state index contributed by atoms with van der Waals surface area (Å²) in [7, 11) is 0. The van der Waals surface area contributed by atoms with Crippen molar-refractivity contribution in [1.29, 1.82) is 5.26 Å². The normalized spacial score (nSPS) is 16.8. The highest BCUT2D eigenvalue weighted by Crippen LogP contribution is 2.31. The number of hydrogen-bond acceptors (Lipinski definition) is 3. The van der Waals surface area contributed by atoms with Gasteiger partial charge in [0, 0.05) is 5.92 Å². The summed E-state index contributed by atoms with van der Waals surface area (Å²) in [6.45, 7) is 2.54. The van der Waals surface area contributed by atoms with E-state index in [-0.39, 0.29) is 11.7 Å². The number of ketones is 1. The summed E-state index contributed by atoms with van der Waals surface area (Å²) in [6.07, 6.45) is 4.09. The maximum atomic E-state index is 12.3. The molecule has 1 atom stereocenters. The number of rotatable bonds is 5. The average molecular weight is 257 g/mol. The van der Waals surface area contributed by atoms with Gasteiger partial charge in [0.1, 0.15) is 11.7 Å². The fourth-order valence-electron chi connectivity index (χ4n) is 2.67. The van der Waals surface area contributed by atoms with E-state index in [2.05, 4.69) is 6.07 Å². The molecule has 100 valence electrons. The van der Waals surface area contributed by atoms with Gasteiger partial charge in [-0.2, -0.15) is 5.26 Å². The molecule has 2 rings (SSSR count). The van der Waals surface area contributed by atoms with Gasteiger partial charge < -0.3 is 4.74 Å². The van der Waals surface area contributed by atoms with Crippen LogP contribution in [0.3, 0.4) is 0 Å². The van der Waals surface area contributed by atoms with E-state index in [9.17, 15) is 10.1 Å². The van der Waals surface area contributed by atoms with Crippen LogP contribution in [0.4, 0.5) is 0 Å². The van der Waals surface area contributed by atoms with Gasteiger partial charge in [-0.1, -0.05) is 25.0 Å². The average Bonchev–Trinajstić information content (AvgIpc) is 2.96. The standard InChI is InChI=1S/C16H19NO2/c1-2-19-14-9-7-12(8-10-14)15(11-17)16(18)13-5-3-4-6-13/h7-10,13,15H,2-6H2,1H3. The van der Waals surface area contributed by atoms with Gasteiger partial charge >= 0.3 is 0 Å². The molecular weight excluding hydrogens is 238 g/mol. The molecule has 1 unspecified atom stereocenters. The lowest BCUT2D eigenvalue weighted by Gasteiger charge is -2.14. The van der Waals surface area contributed by atoms with E-state index in [0.717, 1.165) is 37.0 Å². The van der Waals surface area contributed by atoms with E-state index in [0.29, 0.717) is 6.61 Å². The van der Waals surface area contributed by atoms with Gasteiger partial charge in [-0.3, -0.25) is 4.79 Å². The molecule has 1 fully saturated rings. The van der Waals surface area contributed by atoms with Crippen LogP contribution in [0, 0.1) is 17.2 Å². The Balaban J connectivity index is 2.12. The third-order valence-corrected chi connectivity index (χ3v) is 3.70. The fraction of sp³-hybridized carbons (Fsp3) is 0.500. The van der Waals surface area contributed by atoms with Crippen LogP contribution in [-0.2, 0) is 4.79 Å². The van der Waals surface area contributed by atoms with Crippen molar-refractivity contribution in [3.8, 4) is 11.8 Å². The van der Waals surface area contributed by atoms with E-state index in [1.807, 2.05) is 31.2 Å². The van der Waals surface area contributed by atoms with Gasteiger partial charge in [0.15, 0.2) is 5.78 Å². The smallest absolute Gasteiger partial charge is 0.157 e. The van der Waals surface area contributed by atoms with Crippen LogP contribution in [0.25, 0.3) is 0 Å². The van der Waals surface area contributed by atoms with Crippen LogP contribution < -0.4 is 4.74 Å². The first-order valence-corrected chi connectivity index (χ1v) is 6.92. The molecule has 0 N–H and O–H groups in total. The number of benzene rings is 1. The molecule has 0 saturated heterocycles. The first-order valence-electron chi connectivity index (χ1n) is 6.92. The van der Waals surface area contributed by atoms with E-state index in [1.54, 1.807) is 0 Å². The first kappa shape index (κ1) is 13.6. The minimum atomic E-state index is -0.626. The van der Waals surface area contributed by atoms with Gasteiger partial charge in [-0.15, -0.1) is 0 Å². The lowest BCUT2D eigenvalue weighted by atomic mass is 9.87. The lowest BCUT2D eigenvalue weighted by Crippen LogP contribution is -2.19. The van der Waals surface area contributed by atoms with Gasteiger partial charge in [-0.05, 0) is 37.5 Å². The Hall–Kier alpha value is -1.82. The molecule has 0 aromatic heterocycles. The molecule has 1 saturated carbocycles. The van der Waals surface area contributed by atoms with E-state index < -0.39 is 5.92 Å². The number of ether oxygens (including phenoxy) is 1. The van der Waals surface area contributed by atoms with Crippen molar-refractivity contribution in [2.75, 3.05) is 6.61 Å². The predicted molar refractivity (Wildman–Crippen MR) is 72.9 cm³/mol. The van der Waals surface area contributed by atoms with Crippen LogP contribution in [0.5, 0.6) is 5.75 Å². The number of carbonyl (C=O) groups excluding carboxylic acids is 1. The number of hydrogen-bond donors (Lipinski definition) is 0. The Labute approximate surface area is 114 Å². The second kappa shape index (κ2) is 6.38. The number of Topliss-reactive ketones (excluding diaryl/α,β-unsaturated/α-hetero) is 1. The zero-order valence-corrected chi connectivity index (χ0v) is 11.3. The molecule has 19 heavy (non-hydrogen) atoms. The number of carbonyl (C=O) groups is 1. The molecule has 0 spiro atoms. The van der Waals surface area contributed by atoms with Gasteiger partial charge in [0.05, 0.1) is 12.7 Å². The highest BCUT2D eigenvalue weighted by atomic mass is 16.5. The summed E-state index contributed by atoms with van der Waals surface area (Å²) in [5.74, 6) is 0.315. The molecule has 3 heteroatoms. The molecule has 0 heterocycles. The quantitative estimate of drug-likeness (QED) is 0.811.